The Hall–Kier alpha value is -1.62. The Morgan fingerprint density at radius 2 is 2.00 bits per heavy atom. The second kappa shape index (κ2) is 4.49. The Kier molecular flexibility index (Phi) is 3.05. The van der Waals surface area contributed by atoms with Gasteiger partial charge in [-0.3, -0.25) is 0 Å². The van der Waals surface area contributed by atoms with Crippen LogP contribution in [0.5, 0.6) is 0 Å². The zero-order chi connectivity index (χ0) is 11.5. The van der Waals surface area contributed by atoms with Gasteiger partial charge in [0.05, 0.1) is 5.69 Å². The number of anilines is 1. The van der Waals surface area contributed by atoms with Gasteiger partial charge in [0.25, 0.3) is 0 Å². The first kappa shape index (κ1) is 10.9. The van der Waals surface area contributed by atoms with Gasteiger partial charge in [-0.2, -0.15) is 0 Å². The van der Waals surface area contributed by atoms with Gasteiger partial charge in [0.15, 0.2) is 5.16 Å². The molecule has 16 heavy (non-hydrogen) atoms. The number of hydrogen-bond donors (Lipinski definition) is 1. The molecule has 0 atom stereocenters. The van der Waals surface area contributed by atoms with Crippen molar-refractivity contribution in [2.75, 3.05) is 12.0 Å². The van der Waals surface area contributed by atoms with Crippen molar-refractivity contribution >= 4 is 17.6 Å². The fourth-order valence-electron chi connectivity index (χ4n) is 1.34. The fourth-order valence-corrected chi connectivity index (χ4v) is 1.73. The van der Waals surface area contributed by atoms with Gasteiger partial charge >= 0.3 is 0 Å². The number of nitrogens with two attached hydrogens (primary N) is 1. The predicted octanol–water partition coefficient (Wildman–Crippen LogP) is 2.59. The molecule has 0 fully saturated rings. The van der Waals surface area contributed by atoms with Crippen molar-refractivity contribution in [2.45, 2.75) is 5.16 Å². The molecule has 1 aromatic heterocycles. The largest absolute Gasteiger partial charge is 0.384 e. The number of aromatic nitrogens is 2. The molecule has 0 saturated carbocycles. The molecule has 82 valence electrons. The van der Waals surface area contributed by atoms with E-state index in [0.717, 1.165) is 0 Å². The number of benzene rings is 1. The summed E-state index contributed by atoms with van der Waals surface area (Å²) in [5, 5.41) is 0.540. The van der Waals surface area contributed by atoms with Crippen molar-refractivity contribution in [3.63, 3.8) is 0 Å². The Bertz CT molecular complexity index is 516. The van der Waals surface area contributed by atoms with E-state index in [1.165, 1.54) is 17.8 Å². The molecule has 0 saturated heterocycles. The van der Waals surface area contributed by atoms with Crippen LogP contribution in [0.2, 0.25) is 0 Å². The van der Waals surface area contributed by atoms with E-state index in [9.17, 15) is 4.39 Å². The van der Waals surface area contributed by atoms with Crippen LogP contribution < -0.4 is 5.73 Å². The van der Waals surface area contributed by atoms with Crippen LogP contribution in [0, 0.1) is 5.82 Å². The Labute approximate surface area is 96.9 Å². The maximum Gasteiger partial charge on any atom is 0.189 e. The third-order valence-corrected chi connectivity index (χ3v) is 2.61. The molecule has 0 aliphatic heterocycles. The molecule has 3 nitrogen and oxygen atoms in total. The molecule has 0 unspecified atom stereocenters. The van der Waals surface area contributed by atoms with Crippen molar-refractivity contribution in [3.8, 4) is 11.3 Å². The van der Waals surface area contributed by atoms with Crippen LogP contribution in [0.25, 0.3) is 11.3 Å². The van der Waals surface area contributed by atoms with Crippen LogP contribution >= 0.6 is 11.8 Å². The van der Waals surface area contributed by atoms with Crippen LogP contribution in [0.4, 0.5) is 10.2 Å². The Morgan fingerprint density at radius 1 is 1.25 bits per heavy atom. The third kappa shape index (κ3) is 2.14. The maximum atomic E-state index is 13.5. The number of hydrogen-bond acceptors (Lipinski definition) is 4. The molecule has 0 bridgehead atoms. The summed E-state index contributed by atoms with van der Waals surface area (Å²) in [6, 6.07) is 8.03. The van der Waals surface area contributed by atoms with E-state index >= 15 is 0 Å². The maximum absolute atomic E-state index is 13.5. The van der Waals surface area contributed by atoms with Gasteiger partial charge in [-0.25, -0.2) is 14.4 Å². The third-order valence-electron chi connectivity index (χ3n) is 2.06. The number of nitrogens with zero attached hydrogens (tertiary/aromatic N) is 2. The highest BCUT2D eigenvalue weighted by molar-refractivity contribution is 7.98. The van der Waals surface area contributed by atoms with Crippen molar-refractivity contribution in [2.24, 2.45) is 0 Å². The summed E-state index contributed by atoms with van der Waals surface area (Å²) < 4.78 is 13.5. The van der Waals surface area contributed by atoms with Gasteiger partial charge in [0.2, 0.25) is 0 Å². The van der Waals surface area contributed by atoms with Crippen LogP contribution in [0.3, 0.4) is 0 Å². The SMILES string of the molecule is CSc1nc(N)cc(-c2ccccc2F)n1. The van der Waals surface area contributed by atoms with Gasteiger partial charge in [0.1, 0.15) is 11.6 Å². The molecule has 0 amide bonds. The lowest BCUT2D eigenvalue weighted by Gasteiger charge is -2.04. The summed E-state index contributed by atoms with van der Waals surface area (Å²) in [6.07, 6.45) is 1.85. The topological polar surface area (TPSA) is 51.8 Å². The van der Waals surface area contributed by atoms with Crippen molar-refractivity contribution in [3.05, 3.63) is 36.1 Å². The van der Waals surface area contributed by atoms with E-state index in [2.05, 4.69) is 9.97 Å². The van der Waals surface area contributed by atoms with E-state index < -0.39 is 0 Å². The Morgan fingerprint density at radius 3 is 2.69 bits per heavy atom. The molecule has 0 radical (unpaired) electrons. The summed E-state index contributed by atoms with van der Waals surface area (Å²) in [6.45, 7) is 0. The van der Waals surface area contributed by atoms with Crippen molar-refractivity contribution in [1.29, 1.82) is 0 Å². The highest BCUT2D eigenvalue weighted by Gasteiger charge is 2.08. The summed E-state index contributed by atoms with van der Waals surface area (Å²) >= 11 is 1.37. The lowest BCUT2D eigenvalue weighted by molar-refractivity contribution is 0.630. The molecule has 1 heterocycles. The summed E-state index contributed by atoms with van der Waals surface area (Å²) in [4.78, 5) is 8.23. The van der Waals surface area contributed by atoms with Crippen LogP contribution in [-0.2, 0) is 0 Å². The lowest BCUT2D eigenvalue weighted by Crippen LogP contribution is -1.97. The van der Waals surface area contributed by atoms with Gasteiger partial charge in [-0.05, 0) is 18.4 Å². The average Bonchev–Trinajstić information content (AvgIpc) is 2.28. The molecular formula is C11H10FN3S. The number of thioether (sulfide) groups is 1. The minimum absolute atomic E-state index is 0.312. The number of rotatable bonds is 2. The van der Waals surface area contributed by atoms with Crippen LogP contribution in [-0.4, -0.2) is 16.2 Å². The summed E-state index contributed by atoms with van der Waals surface area (Å²) in [5.41, 5.74) is 6.58. The first-order valence-electron chi connectivity index (χ1n) is 4.64. The minimum Gasteiger partial charge on any atom is -0.384 e. The second-order valence-corrected chi connectivity index (χ2v) is 3.92. The standard InChI is InChI=1S/C11H10FN3S/c1-16-11-14-9(6-10(13)15-11)7-4-2-3-5-8(7)12/h2-6H,1H3,(H2,13,14,15). The normalized spacial score (nSPS) is 10.4. The molecule has 0 aliphatic rings. The smallest absolute Gasteiger partial charge is 0.189 e. The van der Waals surface area contributed by atoms with Gasteiger partial charge in [-0.1, -0.05) is 23.9 Å². The molecular weight excluding hydrogens is 225 g/mol. The lowest BCUT2D eigenvalue weighted by atomic mass is 10.1. The highest BCUT2D eigenvalue weighted by Crippen LogP contribution is 2.23. The molecule has 1 aromatic carbocycles. The molecule has 0 aliphatic carbocycles. The zero-order valence-corrected chi connectivity index (χ0v) is 9.46. The van der Waals surface area contributed by atoms with Crippen LogP contribution in [0.1, 0.15) is 0 Å². The number of nitrogen functional groups attached to an aromatic ring is 1. The van der Waals surface area contributed by atoms with Crippen LogP contribution in [0.15, 0.2) is 35.5 Å². The fraction of sp³-hybridized carbons (Fsp3) is 0.0909. The first-order valence-corrected chi connectivity index (χ1v) is 5.86. The molecule has 2 N–H and O–H groups in total. The first-order chi connectivity index (χ1) is 7.70. The van der Waals surface area contributed by atoms with Crippen molar-refractivity contribution in [1.82, 2.24) is 9.97 Å². The van der Waals surface area contributed by atoms with E-state index in [1.807, 2.05) is 6.26 Å². The van der Waals surface area contributed by atoms with Gasteiger partial charge < -0.3 is 5.73 Å². The number of halogens is 1. The molecule has 2 aromatic rings. The monoisotopic (exact) mass is 235 g/mol. The van der Waals surface area contributed by atoms with Gasteiger partial charge in [-0.15, -0.1) is 0 Å². The van der Waals surface area contributed by atoms with Gasteiger partial charge in [0, 0.05) is 11.6 Å². The molecule has 5 heteroatoms. The Balaban J connectivity index is 2.56. The van der Waals surface area contributed by atoms with E-state index in [4.69, 9.17) is 5.73 Å². The zero-order valence-electron chi connectivity index (χ0n) is 8.64. The van der Waals surface area contributed by atoms with E-state index in [1.54, 1.807) is 24.3 Å². The summed E-state index contributed by atoms with van der Waals surface area (Å²) in [5.74, 6) is 0.0326. The average molecular weight is 235 g/mol. The molecule has 0 spiro atoms. The molecule has 2 rings (SSSR count). The second-order valence-electron chi connectivity index (χ2n) is 3.14. The highest BCUT2D eigenvalue weighted by atomic mass is 32.2. The van der Waals surface area contributed by atoms with E-state index in [-0.39, 0.29) is 5.82 Å². The quantitative estimate of drug-likeness (QED) is 0.642. The predicted molar refractivity (Wildman–Crippen MR) is 63.6 cm³/mol. The van der Waals surface area contributed by atoms with Crippen molar-refractivity contribution < 1.29 is 4.39 Å². The van der Waals surface area contributed by atoms with E-state index in [0.29, 0.717) is 22.2 Å². The minimum atomic E-state index is -0.312. The summed E-state index contributed by atoms with van der Waals surface area (Å²) in [7, 11) is 0.